The van der Waals surface area contributed by atoms with Crippen molar-refractivity contribution >= 4 is 27.5 Å². The van der Waals surface area contributed by atoms with Gasteiger partial charge in [0.05, 0.1) is 16.6 Å². The first-order chi connectivity index (χ1) is 6.04. The number of aliphatic hydroxyl groups excluding tert-OH is 1. The molecule has 1 rings (SSSR count). The third-order valence-corrected chi connectivity index (χ3v) is 3.10. The van der Waals surface area contributed by atoms with Gasteiger partial charge in [-0.1, -0.05) is 11.6 Å². The standard InChI is InChI=1S/C8H10BrClN2O/c1-4(13)7(11)5-2-3-12-8(10)6(5)9/h2-4,7,13H,11H2,1H3/t4-,7-/m1/s1. The summed E-state index contributed by atoms with van der Waals surface area (Å²) in [7, 11) is 0. The van der Waals surface area contributed by atoms with Crippen LogP contribution in [0, 0.1) is 0 Å². The van der Waals surface area contributed by atoms with Gasteiger partial charge in [0.1, 0.15) is 5.15 Å². The van der Waals surface area contributed by atoms with Crippen molar-refractivity contribution in [2.75, 3.05) is 0 Å². The third-order valence-electron chi connectivity index (χ3n) is 1.76. The van der Waals surface area contributed by atoms with Crippen LogP contribution in [0.2, 0.25) is 5.15 Å². The second kappa shape index (κ2) is 4.37. The first-order valence-corrected chi connectivity index (χ1v) is 4.94. The Bertz CT molecular complexity index is 306. The monoisotopic (exact) mass is 264 g/mol. The molecule has 5 heteroatoms. The van der Waals surface area contributed by atoms with Crippen molar-refractivity contribution in [2.24, 2.45) is 5.73 Å². The topological polar surface area (TPSA) is 59.1 Å². The lowest BCUT2D eigenvalue weighted by Gasteiger charge is -2.16. The summed E-state index contributed by atoms with van der Waals surface area (Å²) in [6.07, 6.45) is 0.944. The van der Waals surface area contributed by atoms with E-state index < -0.39 is 12.1 Å². The minimum Gasteiger partial charge on any atom is -0.391 e. The Morgan fingerprint density at radius 3 is 2.85 bits per heavy atom. The summed E-state index contributed by atoms with van der Waals surface area (Å²) in [6.45, 7) is 1.63. The minimum absolute atomic E-state index is 0.355. The summed E-state index contributed by atoms with van der Waals surface area (Å²) in [5.74, 6) is 0. The number of hydrogen-bond acceptors (Lipinski definition) is 3. The van der Waals surface area contributed by atoms with Crippen molar-refractivity contribution in [3.05, 3.63) is 27.5 Å². The largest absolute Gasteiger partial charge is 0.391 e. The van der Waals surface area contributed by atoms with E-state index in [0.717, 1.165) is 5.56 Å². The average molecular weight is 266 g/mol. The van der Waals surface area contributed by atoms with Crippen LogP contribution in [0.4, 0.5) is 0 Å². The van der Waals surface area contributed by atoms with E-state index in [1.54, 1.807) is 19.2 Å². The van der Waals surface area contributed by atoms with Gasteiger partial charge >= 0.3 is 0 Å². The van der Waals surface area contributed by atoms with E-state index in [0.29, 0.717) is 9.63 Å². The van der Waals surface area contributed by atoms with Gasteiger partial charge in [-0.25, -0.2) is 4.98 Å². The van der Waals surface area contributed by atoms with Gasteiger partial charge in [-0.3, -0.25) is 0 Å². The quantitative estimate of drug-likeness (QED) is 0.803. The second-order valence-electron chi connectivity index (χ2n) is 2.77. The highest BCUT2D eigenvalue weighted by atomic mass is 79.9. The molecule has 1 aromatic heterocycles. The van der Waals surface area contributed by atoms with E-state index in [4.69, 9.17) is 17.3 Å². The molecule has 0 fully saturated rings. The molecule has 72 valence electrons. The third kappa shape index (κ3) is 2.40. The number of aromatic nitrogens is 1. The van der Waals surface area contributed by atoms with Crippen molar-refractivity contribution in [2.45, 2.75) is 19.1 Å². The predicted molar refractivity (Wildman–Crippen MR) is 55.6 cm³/mol. The van der Waals surface area contributed by atoms with Crippen molar-refractivity contribution in [1.29, 1.82) is 0 Å². The molecule has 1 aromatic rings. The summed E-state index contributed by atoms with van der Waals surface area (Å²) >= 11 is 9.03. The molecule has 0 aliphatic carbocycles. The molecule has 0 unspecified atom stereocenters. The highest BCUT2D eigenvalue weighted by molar-refractivity contribution is 9.10. The molecular weight excluding hydrogens is 255 g/mol. The Kier molecular flexibility index (Phi) is 3.67. The van der Waals surface area contributed by atoms with Crippen LogP contribution in [-0.2, 0) is 0 Å². The maximum atomic E-state index is 9.28. The SMILES string of the molecule is C[C@@H](O)[C@@H](N)c1ccnc(Cl)c1Br. The fourth-order valence-corrected chi connectivity index (χ4v) is 1.61. The molecule has 3 N–H and O–H groups in total. The normalized spacial score (nSPS) is 15.5. The van der Waals surface area contributed by atoms with E-state index in [9.17, 15) is 5.11 Å². The highest BCUT2D eigenvalue weighted by Gasteiger charge is 2.16. The summed E-state index contributed by atoms with van der Waals surface area (Å²) in [5.41, 5.74) is 6.50. The molecule has 0 aliphatic rings. The molecule has 0 spiro atoms. The lowest BCUT2D eigenvalue weighted by Crippen LogP contribution is -2.23. The first kappa shape index (κ1) is 10.9. The van der Waals surface area contributed by atoms with Crippen LogP contribution < -0.4 is 5.73 Å². The number of hydrogen-bond donors (Lipinski definition) is 2. The second-order valence-corrected chi connectivity index (χ2v) is 3.92. The van der Waals surface area contributed by atoms with E-state index in [1.165, 1.54) is 0 Å². The summed E-state index contributed by atoms with van der Waals surface area (Å²) < 4.78 is 0.644. The zero-order chi connectivity index (χ0) is 10.0. The predicted octanol–water partition coefficient (Wildman–Crippen LogP) is 1.88. The number of nitrogens with zero attached hydrogens (tertiary/aromatic N) is 1. The minimum atomic E-state index is -0.616. The molecule has 0 amide bonds. The summed E-state index contributed by atoms with van der Waals surface area (Å²) in [5, 5.41) is 9.64. The lowest BCUT2D eigenvalue weighted by molar-refractivity contribution is 0.164. The molecule has 0 saturated heterocycles. The van der Waals surface area contributed by atoms with Gasteiger partial charge in [0.2, 0.25) is 0 Å². The molecule has 3 nitrogen and oxygen atoms in total. The molecule has 0 saturated carbocycles. The van der Waals surface area contributed by atoms with Crippen molar-refractivity contribution in [3.8, 4) is 0 Å². The van der Waals surface area contributed by atoms with Crippen LogP contribution in [0.25, 0.3) is 0 Å². The summed E-state index contributed by atoms with van der Waals surface area (Å²) in [4.78, 5) is 3.86. The molecule has 0 radical (unpaired) electrons. The molecule has 0 aromatic carbocycles. The number of halogens is 2. The van der Waals surface area contributed by atoms with Crippen molar-refractivity contribution in [3.63, 3.8) is 0 Å². The maximum Gasteiger partial charge on any atom is 0.143 e. The number of nitrogens with two attached hydrogens (primary N) is 1. The molecule has 13 heavy (non-hydrogen) atoms. The summed E-state index contributed by atoms with van der Waals surface area (Å²) in [6, 6.07) is 1.28. The lowest BCUT2D eigenvalue weighted by atomic mass is 10.1. The van der Waals surface area contributed by atoms with E-state index in [1.807, 2.05) is 0 Å². The van der Waals surface area contributed by atoms with Crippen molar-refractivity contribution in [1.82, 2.24) is 4.98 Å². The Morgan fingerprint density at radius 1 is 1.69 bits per heavy atom. The smallest absolute Gasteiger partial charge is 0.143 e. The highest BCUT2D eigenvalue weighted by Crippen LogP contribution is 2.28. The van der Waals surface area contributed by atoms with E-state index >= 15 is 0 Å². The van der Waals surface area contributed by atoms with Gasteiger partial charge in [-0.05, 0) is 34.5 Å². The van der Waals surface area contributed by atoms with E-state index in [-0.39, 0.29) is 0 Å². The number of aliphatic hydroxyl groups is 1. The van der Waals surface area contributed by atoms with Gasteiger partial charge in [-0.2, -0.15) is 0 Å². The molecule has 0 bridgehead atoms. The molecule has 2 atom stereocenters. The van der Waals surface area contributed by atoms with Crippen LogP contribution in [0.15, 0.2) is 16.7 Å². The Hall–Kier alpha value is -0.160. The van der Waals surface area contributed by atoms with Crippen LogP contribution >= 0.6 is 27.5 Å². The van der Waals surface area contributed by atoms with Crippen LogP contribution in [0.5, 0.6) is 0 Å². The zero-order valence-corrected chi connectivity index (χ0v) is 9.38. The van der Waals surface area contributed by atoms with Crippen molar-refractivity contribution < 1.29 is 5.11 Å². The number of rotatable bonds is 2. The van der Waals surface area contributed by atoms with Gasteiger partial charge in [0.25, 0.3) is 0 Å². The Balaban J connectivity index is 3.07. The maximum absolute atomic E-state index is 9.28. The Labute approximate surface area is 90.1 Å². The van der Waals surface area contributed by atoms with Gasteiger partial charge in [0, 0.05) is 6.20 Å². The first-order valence-electron chi connectivity index (χ1n) is 3.77. The fourth-order valence-electron chi connectivity index (χ4n) is 0.949. The van der Waals surface area contributed by atoms with Crippen LogP contribution in [-0.4, -0.2) is 16.2 Å². The van der Waals surface area contributed by atoms with Gasteiger partial charge < -0.3 is 10.8 Å². The van der Waals surface area contributed by atoms with Gasteiger partial charge in [0.15, 0.2) is 0 Å². The molecular formula is C8H10BrClN2O. The molecule has 1 heterocycles. The van der Waals surface area contributed by atoms with E-state index in [2.05, 4.69) is 20.9 Å². The molecule has 0 aliphatic heterocycles. The number of pyridine rings is 1. The van der Waals surface area contributed by atoms with Crippen LogP contribution in [0.3, 0.4) is 0 Å². The Morgan fingerprint density at radius 2 is 2.31 bits per heavy atom. The zero-order valence-electron chi connectivity index (χ0n) is 7.04. The van der Waals surface area contributed by atoms with Gasteiger partial charge in [-0.15, -0.1) is 0 Å². The average Bonchev–Trinajstić information content (AvgIpc) is 2.08. The fraction of sp³-hybridized carbons (Fsp3) is 0.375. The van der Waals surface area contributed by atoms with Crippen LogP contribution in [0.1, 0.15) is 18.5 Å².